The molecule has 0 aliphatic carbocycles. The number of rotatable bonds is 5. The molecule has 0 aliphatic rings. The molecule has 0 saturated heterocycles. The van der Waals surface area contributed by atoms with Gasteiger partial charge in [0.25, 0.3) is 0 Å². The largest absolute Gasteiger partial charge is 0.228 e. The highest BCUT2D eigenvalue weighted by molar-refractivity contribution is 9.09. The predicted octanol–water partition coefficient (Wildman–Crippen LogP) is 2.93. The summed E-state index contributed by atoms with van der Waals surface area (Å²) in [7, 11) is -2.95. The van der Waals surface area contributed by atoms with Crippen molar-refractivity contribution in [2.45, 2.75) is 38.4 Å². The van der Waals surface area contributed by atoms with Gasteiger partial charge in [0.2, 0.25) is 0 Å². The van der Waals surface area contributed by atoms with E-state index in [1.54, 1.807) is 20.8 Å². The van der Waals surface area contributed by atoms with E-state index in [0.29, 0.717) is 6.42 Å². The molecule has 0 bridgehead atoms. The molecule has 0 saturated carbocycles. The Balaban J connectivity index is 4.03. The summed E-state index contributed by atoms with van der Waals surface area (Å²) in [6, 6.07) is 0. The Morgan fingerprint density at radius 1 is 1.14 bits per heavy atom. The molecule has 84 valence electrons. The van der Waals surface area contributed by atoms with Crippen molar-refractivity contribution in [1.82, 2.24) is 0 Å². The van der Waals surface area contributed by atoms with Gasteiger partial charge in [-0.25, -0.2) is 8.42 Å². The van der Waals surface area contributed by atoms with Gasteiger partial charge in [-0.2, -0.15) is 0 Å². The van der Waals surface area contributed by atoms with Gasteiger partial charge in [-0.05, 0) is 33.6 Å². The molecule has 0 heterocycles. The minimum absolute atomic E-state index is 0.245. The van der Waals surface area contributed by atoms with Crippen molar-refractivity contribution in [2.24, 2.45) is 0 Å². The third-order valence-corrected chi connectivity index (χ3v) is 5.03. The van der Waals surface area contributed by atoms with Crippen LogP contribution in [0.15, 0.2) is 12.2 Å². The highest BCUT2D eigenvalue weighted by atomic mass is 79.9. The first-order valence-electron chi connectivity index (χ1n) is 4.74. The maximum absolute atomic E-state index is 11.6. The van der Waals surface area contributed by atoms with E-state index in [9.17, 15) is 8.42 Å². The van der Waals surface area contributed by atoms with E-state index in [-0.39, 0.29) is 5.75 Å². The van der Waals surface area contributed by atoms with E-state index >= 15 is 0 Å². The van der Waals surface area contributed by atoms with E-state index in [1.807, 2.05) is 12.2 Å². The van der Waals surface area contributed by atoms with Gasteiger partial charge in [-0.1, -0.05) is 28.1 Å². The van der Waals surface area contributed by atoms with Gasteiger partial charge in [0.05, 0.1) is 10.5 Å². The van der Waals surface area contributed by atoms with Gasteiger partial charge < -0.3 is 0 Å². The Kier molecular flexibility index (Phi) is 5.98. The summed E-state index contributed by atoms with van der Waals surface area (Å²) in [5.74, 6) is 0.245. The molecule has 0 N–H and O–H groups in total. The molecular formula is C10H19BrO2S. The van der Waals surface area contributed by atoms with Gasteiger partial charge >= 0.3 is 0 Å². The summed E-state index contributed by atoms with van der Waals surface area (Å²) in [4.78, 5) is 0. The second kappa shape index (κ2) is 5.91. The Morgan fingerprint density at radius 2 is 1.64 bits per heavy atom. The molecule has 0 radical (unpaired) electrons. The van der Waals surface area contributed by atoms with Crippen LogP contribution in [-0.2, 0) is 9.84 Å². The zero-order chi connectivity index (χ0) is 11.2. The second-order valence-corrected chi connectivity index (χ2v) is 7.82. The molecule has 0 amide bonds. The fourth-order valence-electron chi connectivity index (χ4n) is 0.828. The lowest BCUT2D eigenvalue weighted by Crippen LogP contribution is -2.30. The fraction of sp³-hybridized carbons (Fsp3) is 0.800. The topological polar surface area (TPSA) is 34.1 Å². The van der Waals surface area contributed by atoms with Crippen LogP contribution in [0.3, 0.4) is 0 Å². The highest BCUT2D eigenvalue weighted by Gasteiger charge is 2.27. The summed E-state index contributed by atoms with van der Waals surface area (Å²) >= 11 is 3.30. The van der Waals surface area contributed by atoms with Crippen LogP contribution in [0.25, 0.3) is 0 Å². The standard InChI is InChI=1S/C10H19BrO2S/c1-10(2,3)14(12,13)9-7-5-4-6-8-11/h4-5H,6-9H2,1-3H3/b5-4+. The van der Waals surface area contributed by atoms with Crippen LogP contribution in [-0.4, -0.2) is 24.2 Å². The van der Waals surface area contributed by atoms with Crippen molar-refractivity contribution in [3.63, 3.8) is 0 Å². The normalized spacial score (nSPS) is 13.7. The number of allylic oxidation sites excluding steroid dienone is 2. The van der Waals surface area contributed by atoms with Crippen LogP contribution in [0.2, 0.25) is 0 Å². The van der Waals surface area contributed by atoms with Crippen LogP contribution >= 0.6 is 15.9 Å². The van der Waals surface area contributed by atoms with Crippen LogP contribution in [0.1, 0.15) is 33.6 Å². The highest BCUT2D eigenvalue weighted by Crippen LogP contribution is 2.16. The summed E-state index contributed by atoms with van der Waals surface area (Å²) < 4.78 is 22.7. The van der Waals surface area contributed by atoms with Gasteiger partial charge in [-0.3, -0.25) is 0 Å². The maximum Gasteiger partial charge on any atom is 0.155 e. The summed E-state index contributed by atoms with van der Waals surface area (Å²) in [6.45, 7) is 5.22. The van der Waals surface area contributed by atoms with Crippen molar-refractivity contribution in [1.29, 1.82) is 0 Å². The fourth-order valence-corrected chi connectivity index (χ4v) is 2.15. The van der Waals surface area contributed by atoms with Gasteiger partial charge in [0, 0.05) is 5.33 Å². The van der Waals surface area contributed by atoms with Gasteiger partial charge in [-0.15, -0.1) is 0 Å². The Hall–Kier alpha value is 0.170. The van der Waals surface area contributed by atoms with E-state index in [4.69, 9.17) is 0 Å². The van der Waals surface area contributed by atoms with Crippen LogP contribution in [0, 0.1) is 0 Å². The van der Waals surface area contributed by atoms with Crippen LogP contribution < -0.4 is 0 Å². The van der Waals surface area contributed by atoms with E-state index in [2.05, 4.69) is 15.9 Å². The first-order chi connectivity index (χ1) is 6.31. The monoisotopic (exact) mass is 282 g/mol. The van der Waals surface area contributed by atoms with Crippen molar-refractivity contribution in [3.8, 4) is 0 Å². The summed E-state index contributed by atoms with van der Waals surface area (Å²) in [5, 5.41) is 0.926. The lowest BCUT2D eigenvalue weighted by Gasteiger charge is -2.18. The number of alkyl halides is 1. The average Bonchev–Trinajstić information content (AvgIpc) is 2.02. The predicted molar refractivity (Wildman–Crippen MR) is 65.7 cm³/mol. The Labute approximate surface area is 95.8 Å². The molecule has 0 aliphatic heterocycles. The number of halogens is 1. The Bertz CT molecular complexity index is 273. The number of hydrogen-bond donors (Lipinski definition) is 0. The van der Waals surface area contributed by atoms with Crippen molar-refractivity contribution in [3.05, 3.63) is 12.2 Å². The molecule has 4 heteroatoms. The lowest BCUT2D eigenvalue weighted by atomic mass is 10.3. The van der Waals surface area contributed by atoms with Crippen molar-refractivity contribution in [2.75, 3.05) is 11.1 Å². The quantitative estimate of drug-likeness (QED) is 0.574. The third kappa shape index (κ3) is 5.15. The van der Waals surface area contributed by atoms with Gasteiger partial charge in [0.15, 0.2) is 9.84 Å². The molecule has 0 atom stereocenters. The lowest BCUT2D eigenvalue weighted by molar-refractivity contribution is 0.560. The molecule has 14 heavy (non-hydrogen) atoms. The molecule has 0 aromatic carbocycles. The average molecular weight is 283 g/mol. The molecule has 2 nitrogen and oxygen atoms in total. The minimum Gasteiger partial charge on any atom is -0.228 e. The first kappa shape index (κ1) is 14.2. The smallest absolute Gasteiger partial charge is 0.155 e. The zero-order valence-corrected chi connectivity index (χ0v) is 11.5. The van der Waals surface area contributed by atoms with E-state index in [0.717, 1.165) is 11.8 Å². The minimum atomic E-state index is -2.95. The third-order valence-electron chi connectivity index (χ3n) is 1.93. The first-order valence-corrected chi connectivity index (χ1v) is 7.52. The number of hydrogen-bond acceptors (Lipinski definition) is 2. The Morgan fingerprint density at radius 3 is 2.07 bits per heavy atom. The summed E-state index contributed by atoms with van der Waals surface area (Å²) in [5.41, 5.74) is 0. The molecular weight excluding hydrogens is 264 g/mol. The van der Waals surface area contributed by atoms with Crippen LogP contribution in [0.5, 0.6) is 0 Å². The van der Waals surface area contributed by atoms with Gasteiger partial charge in [0.1, 0.15) is 0 Å². The molecule has 0 aromatic heterocycles. The number of sulfone groups is 1. The van der Waals surface area contributed by atoms with Crippen molar-refractivity contribution >= 4 is 25.8 Å². The SMILES string of the molecule is CC(C)(C)S(=O)(=O)CC/C=C/CCBr. The molecule has 0 unspecified atom stereocenters. The zero-order valence-electron chi connectivity index (χ0n) is 9.09. The second-order valence-electron chi connectivity index (χ2n) is 4.17. The molecule has 0 fully saturated rings. The van der Waals surface area contributed by atoms with E-state index in [1.165, 1.54) is 0 Å². The summed E-state index contributed by atoms with van der Waals surface area (Å²) in [6.07, 6.45) is 5.51. The molecule has 0 spiro atoms. The molecule has 0 rings (SSSR count). The molecule has 0 aromatic rings. The van der Waals surface area contributed by atoms with E-state index < -0.39 is 14.6 Å². The van der Waals surface area contributed by atoms with Crippen LogP contribution in [0.4, 0.5) is 0 Å². The van der Waals surface area contributed by atoms with Crippen molar-refractivity contribution < 1.29 is 8.42 Å². The maximum atomic E-state index is 11.6.